The number of nitrogens with zero attached hydrogens (tertiary/aromatic N) is 7. The monoisotopic (exact) mass is 721 g/mol. The number of β-lactam (4-membered cyclic amide) rings is 1. The summed E-state index contributed by atoms with van der Waals surface area (Å²) in [6.07, 6.45) is 1.29. The smallest absolute Gasteiger partial charge is 0.352 e. The number of aromatic nitrogens is 4. The molecule has 20 heteroatoms. The summed E-state index contributed by atoms with van der Waals surface area (Å²) < 4.78 is 3.98. The number of aliphatic carboxylic acids is 2. The standard InChI is InChI=1S/C28H33ClN10O7S2/c1-13(25(42)43)46-35-17(16-20(29)48-27(30)33-16)22(40)32-18-23(41)39-19(26(44)45)14(12-47-24(18)39)11-37-9-5-7-15-21(37)34-28(36(3)4)38(15)10-6-8-31-2/h5,7,9,13,18,24,31H,6,8,10-12H2,1-4H3,(H4-,30,32,33,40,42,43,44,45)/p+1/t13-,18?,24?/m0/s1. The lowest BCUT2D eigenvalue weighted by atomic mass is 10.0. The second-order valence-corrected chi connectivity index (χ2v) is 13.8. The van der Waals surface area contributed by atoms with E-state index >= 15 is 0 Å². The van der Waals surface area contributed by atoms with Gasteiger partial charge in [-0.1, -0.05) is 28.1 Å². The van der Waals surface area contributed by atoms with Gasteiger partial charge in [0.1, 0.15) is 39.2 Å². The van der Waals surface area contributed by atoms with Crippen molar-refractivity contribution in [3.8, 4) is 0 Å². The Kier molecular flexibility index (Phi) is 10.4. The second kappa shape index (κ2) is 14.3. The first-order valence-electron chi connectivity index (χ1n) is 14.6. The molecule has 3 aromatic heterocycles. The maximum atomic E-state index is 13.4. The molecule has 17 nitrogen and oxygen atoms in total. The van der Waals surface area contributed by atoms with Gasteiger partial charge in [-0.2, -0.15) is 0 Å². The first-order chi connectivity index (χ1) is 22.8. The molecule has 2 amide bonds. The zero-order valence-electron chi connectivity index (χ0n) is 26.3. The van der Waals surface area contributed by atoms with Crippen LogP contribution in [0.4, 0.5) is 11.1 Å². The van der Waals surface area contributed by atoms with Crippen LogP contribution in [0.25, 0.3) is 11.2 Å². The molecule has 3 atom stereocenters. The van der Waals surface area contributed by atoms with Crippen LogP contribution in [0.3, 0.4) is 0 Å². The highest BCUT2D eigenvalue weighted by Crippen LogP contribution is 2.40. The number of rotatable bonds is 14. The van der Waals surface area contributed by atoms with E-state index in [9.17, 15) is 24.3 Å². The second-order valence-electron chi connectivity index (χ2n) is 11.1. The van der Waals surface area contributed by atoms with Crippen molar-refractivity contribution in [3.05, 3.63) is 39.6 Å². The highest BCUT2D eigenvalue weighted by atomic mass is 35.5. The molecule has 5 rings (SSSR count). The van der Waals surface area contributed by atoms with E-state index in [1.54, 1.807) is 0 Å². The van der Waals surface area contributed by atoms with Crippen molar-refractivity contribution in [2.24, 2.45) is 5.16 Å². The number of halogens is 1. The molecule has 6 N–H and O–H groups in total. The third-order valence-electron chi connectivity index (χ3n) is 7.56. The van der Waals surface area contributed by atoms with Gasteiger partial charge in [0.05, 0.1) is 6.20 Å². The van der Waals surface area contributed by atoms with Crippen molar-refractivity contribution in [2.75, 3.05) is 44.1 Å². The molecular weight excluding hydrogens is 688 g/mol. The number of oxime groups is 1. The van der Waals surface area contributed by atoms with Crippen molar-refractivity contribution < 1.29 is 38.8 Å². The number of carboxylic acid groups (broad SMARTS) is 2. The maximum Gasteiger partial charge on any atom is 0.352 e. The highest BCUT2D eigenvalue weighted by Gasteiger charge is 2.54. The number of carbonyl (C=O) groups excluding carboxylic acids is 2. The number of hydrogen-bond donors (Lipinski definition) is 5. The molecule has 2 unspecified atom stereocenters. The molecule has 0 saturated carbocycles. The average Bonchev–Trinajstić information content (AvgIpc) is 3.58. The van der Waals surface area contributed by atoms with Crippen LogP contribution < -0.4 is 25.8 Å². The number of nitrogens with one attached hydrogen (secondary N) is 2. The van der Waals surface area contributed by atoms with Gasteiger partial charge < -0.3 is 36.3 Å². The fourth-order valence-corrected chi connectivity index (χ4v) is 7.54. The molecule has 0 radical (unpaired) electrons. The predicted octanol–water partition coefficient (Wildman–Crippen LogP) is 0.324. The number of fused-ring (bicyclic) bond motifs is 2. The van der Waals surface area contributed by atoms with Crippen molar-refractivity contribution in [3.63, 3.8) is 0 Å². The molecule has 256 valence electrons. The Bertz CT molecular complexity index is 1840. The summed E-state index contributed by atoms with van der Waals surface area (Å²) in [4.78, 5) is 67.6. The van der Waals surface area contributed by atoms with Crippen LogP contribution in [-0.4, -0.2) is 110 Å². The van der Waals surface area contributed by atoms with Gasteiger partial charge in [-0.15, -0.1) is 11.8 Å². The van der Waals surface area contributed by atoms with E-state index in [-0.39, 0.29) is 33.2 Å². The lowest BCUT2D eigenvalue weighted by molar-refractivity contribution is -0.664. The van der Waals surface area contributed by atoms with Crippen molar-refractivity contribution in [2.45, 2.75) is 44.0 Å². The Morgan fingerprint density at radius 2 is 2.06 bits per heavy atom. The molecule has 0 spiro atoms. The van der Waals surface area contributed by atoms with Gasteiger partial charge in [0.15, 0.2) is 10.8 Å². The fraction of sp³-hybridized carbons (Fsp3) is 0.429. The van der Waals surface area contributed by atoms with E-state index in [2.05, 4.69) is 25.3 Å². The summed E-state index contributed by atoms with van der Waals surface area (Å²) in [5, 5.41) is 28.1. The van der Waals surface area contributed by atoms with E-state index in [1.807, 2.05) is 48.9 Å². The Balaban J connectivity index is 1.40. The number of thioether (sulfide) groups is 1. The number of hydrogen-bond acceptors (Lipinski definition) is 13. The van der Waals surface area contributed by atoms with Crippen LogP contribution >= 0.6 is 34.7 Å². The zero-order chi connectivity index (χ0) is 34.9. The Morgan fingerprint density at radius 1 is 1.31 bits per heavy atom. The first-order valence-corrected chi connectivity index (χ1v) is 16.9. The van der Waals surface area contributed by atoms with Gasteiger partial charge in [0, 0.05) is 32.0 Å². The van der Waals surface area contributed by atoms with E-state index in [0.29, 0.717) is 11.2 Å². The van der Waals surface area contributed by atoms with Crippen LogP contribution in [0.15, 0.2) is 34.8 Å². The Morgan fingerprint density at radius 3 is 2.69 bits per heavy atom. The largest absolute Gasteiger partial charge is 0.478 e. The SMILES string of the molecule is CNCCCn1c(N(C)C)nc2c1ccc[n+]2CC1=C(C(=O)O)N2C(=O)C(NC(=O)C(=NO[C@@H](C)C(=O)O)c3nc(N)sc3Cl)C2SC1. The zero-order valence-corrected chi connectivity index (χ0v) is 28.7. The molecule has 2 aliphatic heterocycles. The van der Waals surface area contributed by atoms with E-state index in [0.717, 1.165) is 47.2 Å². The number of amides is 2. The number of thiazole rings is 1. The van der Waals surface area contributed by atoms with Crippen LogP contribution in [0, 0.1) is 0 Å². The van der Waals surface area contributed by atoms with Crippen molar-refractivity contribution in [1.82, 2.24) is 30.1 Å². The third-order valence-corrected chi connectivity index (χ3v) is 9.98. The fourth-order valence-electron chi connectivity index (χ4n) is 5.28. The molecule has 48 heavy (non-hydrogen) atoms. The maximum absolute atomic E-state index is 13.4. The van der Waals surface area contributed by atoms with Crippen molar-refractivity contribution in [1.29, 1.82) is 0 Å². The third kappa shape index (κ3) is 6.75. The van der Waals surface area contributed by atoms with Crippen LogP contribution in [0.2, 0.25) is 4.34 Å². The van der Waals surface area contributed by atoms with Crippen LogP contribution in [0.5, 0.6) is 0 Å². The quantitative estimate of drug-likeness (QED) is 0.0498. The molecule has 0 aromatic carbocycles. The van der Waals surface area contributed by atoms with Gasteiger partial charge in [0.2, 0.25) is 6.10 Å². The number of imidazole rings is 1. The normalized spacial score (nSPS) is 18.4. The summed E-state index contributed by atoms with van der Waals surface area (Å²) >= 11 is 8.34. The van der Waals surface area contributed by atoms with E-state index < -0.39 is 47.0 Å². The van der Waals surface area contributed by atoms with Gasteiger partial charge in [-0.05, 0) is 44.1 Å². The minimum absolute atomic E-state index is 0.00431. The first kappa shape index (κ1) is 34.9. The number of carboxylic acids is 2. The molecule has 3 aromatic rings. The number of nitrogen functional groups attached to an aromatic ring is 1. The van der Waals surface area contributed by atoms with E-state index in [1.165, 1.54) is 18.7 Å². The Hall–Kier alpha value is -4.46. The number of anilines is 2. The lowest BCUT2D eigenvalue weighted by Crippen LogP contribution is -2.71. The molecular formula is C28H34ClN10O7S2+. The molecule has 0 bridgehead atoms. The van der Waals surface area contributed by atoms with Gasteiger partial charge in [-0.3, -0.25) is 19.1 Å². The minimum atomic E-state index is -1.41. The number of carbonyl (C=O) groups is 4. The summed E-state index contributed by atoms with van der Waals surface area (Å²) in [6.45, 7) is 2.93. The molecule has 1 fully saturated rings. The minimum Gasteiger partial charge on any atom is -0.478 e. The topological polar surface area (TPSA) is 221 Å². The summed E-state index contributed by atoms with van der Waals surface area (Å²) in [7, 11) is 5.72. The van der Waals surface area contributed by atoms with Crippen LogP contribution in [-0.2, 0) is 37.1 Å². The van der Waals surface area contributed by atoms with Crippen molar-refractivity contribution >= 4 is 86.4 Å². The predicted molar refractivity (Wildman–Crippen MR) is 179 cm³/mol. The molecule has 1 saturated heterocycles. The summed E-state index contributed by atoms with van der Waals surface area (Å²) in [6, 6.07) is 2.72. The molecule has 0 aliphatic carbocycles. The highest BCUT2D eigenvalue weighted by molar-refractivity contribution is 8.00. The summed E-state index contributed by atoms with van der Waals surface area (Å²) in [5.74, 6) is -3.19. The van der Waals surface area contributed by atoms with Gasteiger partial charge in [0.25, 0.3) is 11.8 Å². The molecule has 5 heterocycles. The number of aryl methyl sites for hydroxylation is 1. The van der Waals surface area contributed by atoms with Crippen LogP contribution in [0.1, 0.15) is 19.0 Å². The molecule has 2 aliphatic rings. The van der Waals surface area contributed by atoms with Gasteiger partial charge in [-0.25, -0.2) is 19.1 Å². The summed E-state index contributed by atoms with van der Waals surface area (Å²) in [5.41, 5.74) is 6.97. The van der Waals surface area contributed by atoms with E-state index in [4.69, 9.17) is 32.3 Å². The lowest BCUT2D eigenvalue weighted by Gasteiger charge is -2.49. The van der Waals surface area contributed by atoms with Gasteiger partial charge >= 0.3 is 23.5 Å². The number of nitrogens with two attached hydrogens (primary N) is 1. The average molecular weight is 722 g/mol. The Labute approximate surface area is 287 Å². The number of pyridine rings is 1.